The van der Waals surface area contributed by atoms with Crippen LogP contribution in [0.3, 0.4) is 0 Å². The lowest BCUT2D eigenvalue weighted by Crippen LogP contribution is -2.27. The molecule has 14 heavy (non-hydrogen) atoms. The Morgan fingerprint density at radius 1 is 1.57 bits per heavy atom. The zero-order valence-electron chi connectivity index (χ0n) is 9.20. The van der Waals surface area contributed by atoms with Crippen molar-refractivity contribution in [1.82, 2.24) is 9.88 Å². The average Bonchev–Trinajstić information content (AvgIpc) is 2.16. The van der Waals surface area contributed by atoms with Gasteiger partial charge in [-0.1, -0.05) is 6.92 Å². The van der Waals surface area contributed by atoms with Crippen LogP contribution in [0.1, 0.15) is 25.8 Å². The maximum absolute atomic E-state index is 5.61. The second-order valence-corrected chi connectivity index (χ2v) is 3.76. The zero-order valence-corrected chi connectivity index (χ0v) is 9.20. The number of hydrogen-bond acceptors (Lipinski definition) is 3. The fraction of sp³-hybridized carbons (Fsp3) is 0.545. The molecule has 0 aliphatic rings. The fourth-order valence-corrected chi connectivity index (χ4v) is 1.35. The molecule has 0 radical (unpaired) electrons. The molecule has 3 heteroatoms. The van der Waals surface area contributed by atoms with Gasteiger partial charge >= 0.3 is 0 Å². The van der Waals surface area contributed by atoms with Crippen LogP contribution in [0.5, 0.6) is 0 Å². The lowest BCUT2D eigenvalue weighted by atomic mass is 10.2. The molecular weight excluding hydrogens is 174 g/mol. The van der Waals surface area contributed by atoms with E-state index in [1.807, 2.05) is 12.1 Å². The van der Waals surface area contributed by atoms with Gasteiger partial charge in [0.1, 0.15) is 5.82 Å². The van der Waals surface area contributed by atoms with Gasteiger partial charge in [-0.2, -0.15) is 0 Å². The molecule has 1 atom stereocenters. The molecular formula is C11H19N3. The Kier molecular flexibility index (Phi) is 3.89. The SMILES string of the molecule is CCC(C)N(C)Cc1ccnc(N)c1. The summed E-state index contributed by atoms with van der Waals surface area (Å²) < 4.78 is 0. The highest BCUT2D eigenvalue weighted by molar-refractivity contribution is 5.31. The zero-order chi connectivity index (χ0) is 10.6. The first-order chi connectivity index (χ1) is 6.63. The Hall–Kier alpha value is -1.09. The highest BCUT2D eigenvalue weighted by atomic mass is 15.1. The van der Waals surface area contributed by atoms with Gasteiger partial charge in [0.2, 0.25) is 0 Å². The van der Waals surface area contributed by atoms with Crippen molar-refractivity contribution in [2.45, 2.75) is 32.9 Å². The van der Waals surface area contributed by atoms with Crippen molar-refractivity contribution in [3.05, 3.63) is 23.9 Å². The van der Waals surface area contributed by atoms with E-state index < -0.39 is 0 Å². The molecule has 0 saturated carbocycles. The third-order valence-electron chi connectivity index (χ3n) is 2.62. The Labute approximate surface area is 85.9 Å². The Morgan fingerprint density at radius 2 is 2.29 bits per heavy atom. The second-order valence-electron chi connectivity index (χ2n) is 3.76. The predicted molar refractivity (Wildman–Crippen MR) is 59.9 cm³/mol. The van der Waals surface area contributed by atoms with Gasteiger partial charge in [0.15, 0.2) is 0 Å². The van der Waals surface area contributed by atoms with Crippen LogP contribution in [-0.4, -0.2) is 23.0 Å². The monoisotopic (exact) mass is 193 g/mol. The molecule has 1 heterocycles. The molecule has 1 aromatic rings. The first-order valence-electron chi connectivity index (χ1n) is 5.04. The molecule has 1 rings (SSSR count). The number of nitrogens with zero attached hydrogens (tertiary/aromatic N) is 2. The van der Waals surface area contributed by atoms with E-state index in [4.69, 9.17) is 5.73 Å². The number of hydrogen-bond donors (Lipinski definition) is 1. The smallest absolute Gasteiger partial charge is 0.123 e. The molecule has 0 spiro atoms. The van der Waals surface area contributed by atoms with Gasteiger partial charge in [-0.05, 0) is 38.1 Å². The minimum atomic E-state index is 0.597. The largest absolute Gasteiger partial charge is 0.384 e. The van der Waals surface area contributed by atoms with Crippen LogP contribution in [0, 0.1) is 0 Å². The summed E-state index contributed by atoms with van der Waals surface area (Å²) in [6, 6.07) is 4.54. The van der Waals surface area contributed by atoms with E-state index in [9.17, 15) is 0 Å². The van der Waals surface area contributed by atoms with Crippen molar-refractivity contribution in [1.29, 1.82) is 0 Å². The lowest BCUT2D eigenvalue weighted by molar-refractivity contribution is 0.244. The predicted octanol–water partition coefficient (Wildman–Crippen LogP) is 1.89. The molecule has 1 unspecified atom stereocenters. The van der Waals surface area contributed by atoms with Crippen molar-refractivity contribution in [3.8, 4) is 0 Å². The van der Waals surface area contributed by atoms with Crippen molar-refractivity contribution < 1.29 is 0 Å². The molecule has 0 aliphatic heterocycles. The van der Waals surface area contributed by atoms with Crippen LogP contribution < -0.4 is 5.73 Å². The molecule has 0 aliphatic carbocycles. The van der Waals surface area contributed by atoms with E-state index in [0.29, 0.717) is 11.9 Å². The maximum Gasteiger partial charge on any atom is 0.123 e. The number of pyridine rings is 1. The number of rotatable bonds is 4. The quantitative estimate of drug-likeness (QED) is 0.794. The minimum Gasteiger partial charge on any atom is -0.384 e. The summed E-state index contributed by atoms with van der Waals surface area (Å²) in [6.45, 7) is 5.36. The van der Waals surface area contributed by atoms with E-state index in [1.54, 1.807) is 6.20 Å². The van der Waals surface area contributed by atoms with E-state index in [0.717, 1.165) is 13.0 Å². The first-order valence-corrected chi connectivity index (χ1v) is 5.04. The summed E-state index contributed by atoms with van der Waals surface area (Å²) in [6.07, 6.45) is 2.92. The van der Waals surface area contributed by atoms with Crippen LogP contribution in [-0.2, 0) is 6.54 Å². The van der Waals surface area contributed by atoms with Crippen LogP contribution in [0.25, 0.3) is 0 Å². The summed E-state index contributed by atoms with van der Waals surface area (Å²) in [5.74, 6) is 0.597. The first kappa shape index (κ1) is 11.0. The number of aromatic nitrogens is 1. The number of anilines is 1. The van der Waals surface area contributed by atoms with Gasteiger partial charge in [0.05, 0.1) is 0 Å². The Balaban J connectivity index is 2.60. The van der Waals surface area contributed by atoms with Crippen LogP contribution >= 0.6 is 0 Å². The molecule has 0 amide bonds. The van der Waals surface area contributed by atoms with Crippen molar-refractivity contribution >= 4 is 5.82 Å². The van der Waals surface area contributed by atoms with Gasteiger partial charge in [0.25, 0.3) is 0 Å². The molecule has 78 valence electrons. The fourth-order valence-electron chi connectivity index (χ4n) is 1.35. The Bertz CT molecular complexity index is 286. The van der Waals surface area contributed by atoms with Gasteiger partial charge < -0.3 is 5.73 Å². The topological polar surface area (TPSA) is 42.2 Å². The van der Waals surface area contributed by atoms with Crippen LogP contribution in [0.15, 0.2) is 18.3 Å². The number of nitrogen functional groups attached to an aromatic ring is 1. The van der Waals surface area contributed by atoms with Crippen molar-refractivity contribution in [2.24, 2.45) is 0 Å². The van der Waals surface area contributed by atoms with Gasteiger partial charge in [-0.15, -0.1) is 0 Å². The second kappa shape index (κ2) is 4.96. The molecule has 0 bridgehead atoms. The van der Waals surface area contributed by atoms with Gasteiger partial charge in [0, 0.05) is 18.8 Å². The molecule has 0 aromatic carbocycles. The summed E-state index contributed by atoms with van der Waals surface area (Å²) in [7, 11) is 2.13. The van der Waals surface area contributed by atoms with E-state index in [2.05, 4.69) is 30.8 Å². The van der Waals surface area contributed by atoms with Gasteiger partial charge in [-0.3, -0.25) is 4.90 Å². The highest BCUT2D eigenvalue weighted by Gasteiger charge is 2.06. The molecule has 1 aromatic heterocycles. The Morgan fingerprint density at radius 3 is 2.86 bits per heavy atom. The third-order valence-corrected chi connectivity index (χ3v) is 2.62. The highest BCUT2D eigenvalue weighted by Crippen LogP contribution is 2.09. The normalized spacial score (nSPS) is 13.1. The summed E-state index contributed by atoms with van der Waals surface area (Å²) in [5, 5.41) is 0. The van der Waals surface area contributed by atoms with Crippen molar-refractivity contribution in [3.63, 3.8) is 0 Å². The third kappa shape index (κ3) is 3.00. The van der Waals surface area contributed by atoms with E-state index in [1.165, 1.54) is 5.56 Å². The molecule has 2 N–H and O–H groups in total. The summed E-state index contributed by atoms with van der Waals surface area (Å²) >= 11 is 0. The van der Waals surface area contributed by atoms with Crippen LogP contribution in [0.2, 0.25) is 0 Å². The van der Waals surface area contributed by atoms with Crippen molar-refractivity contribution in [2.75, 3.05) is 12.8 Å². The number of nitrogens with two attached hydrogens (primary N) is 1. The summed E-state index contributed by atoms with van der Waals surface area (Å²) in [5.41, 5.74) is 6.84. The van der Waals surface area contributed by atoms with E-state index >= 15 is 0 Å². The van der Waals surface area contributed by atoms with Crippen LogP contribution in [0.4, 0.5) is 5.82 Å². The van der Waals surface area contributed by atoms with E-state index in [-0.39, 0.29) is 0 Å². The molecule has 0 saturated heterocycles. The van der Waals surface area contributed by atoms with Gasteiger partial charge in [-0.25, -0.2) is 4.98 Å². The molecule has 3 nitrogen and oxygen atoms in total. The lowest BCUT2D eigenvalue weighted by Gasteiger charge is -2.23. The maximum atomic E-state index is 5.61. The average molecular weight is 193 g/mol. The standard InChI is InChI=1S/C11H19N3/c1-4-9(2)14(3)8-10-5-6-13-11(12)7-10/h5-7,9H,4,8H2,1-3H3,(H2,12,13). The summed E-state index contributed by atoms with van der Waals surface area (Å²) in [4.78, 5) is 6.29. The molecule has 0 fully saturated rings. The minimum absolute atomic E-state index is 0.597.